The summed E-state index contributed by atoms with van der Waals surface area (Å²) >= 11 is 0. The molecular formula is C14H22N2O2. The van der Waals surface area contributed by atoms with Crippen molar-refractivity contribution in [3.63, 3.8) is 0 Å². The molecule has 0 N–H and O–H groups in total. The molecule has 0 bridgehead atoms. The van der Waals surface area contributed by atoms with E-state index in [0.29, 0.717) is 12.8 Å². The molecule has 0 aromatic rings. The highest BCUT2D eigenvalue weighted by atomic mass is 16.2. The van der Waals surface area contributed by atoms with Gasteiger partial charge in [0.05, 0.1) is 6.04 Å². The summed E-state index contributed by atoms with van der Waals surface area (Å²) in [5.41, 5.74) is 0. The van der Waals surface area contributed by atoms with Crippen LogP contribution in [0.25, 0.3) is 0 Å². The van der Waals surface area contributed by atoms with Crippen LogP contribution >= 0.6 is 0 Å². The smallest absolute Gasteiger partial charge is 0.230 e. The van der Waals surface area contributed by atoms with Crippen molar-refractivity contribution in [1.82, 2.24) is 9.80 Å². The fourth-order valence-corrected chi connectivity index (χ4v) is 3.59. The lowest BCUT2D eigenvalue weighted by Gasteiger charge is -2.44. The minimum absolute atomic E-state index is 0.0438. The molecule has 0 unspecified atom stereocenters. The Hall–Kier alpha value is -0.900. The van der Waals surface area contributed by atoms with Gasteiger partial charge in [-0.3, -0.25) is 19.4 Å². The summed E-state index contributed by atoms with van der Waals surface area (Å²) in [4.78, 5) is 27.1. The third-order valence-electron chi connectivity index (χ3n) is 4.63. The van der Waals surface area contributed by atoms with E-state index in [1.165, 1.54) is 43.5 Å². The molecule has 0 aromatic carbocycles. The summed E-state index contributed by atoms with van der Waals surface area (Å²) in [5, 5.41) is 0. The quantitative estimate of drug-likeness (QED) is 0.711. The lowest BCUT2D eigenvalue weighted by atomic mass is 9.88. The molecule has 0 radical (unpaired) electrons. The number of imide groups is 1. The van der Waals surface area contributed by atoms with Gasteiger partial charge in [0, 0.05) is 32.5 Å². The lowest BCUT2D eigenvalue weighted by molar-refractivity contribution is -0.145. The van der Waals surface area contributed by atoms with E-state index in [9.17, 15) is 9.59 Å². The summed E-state index contributed by atoms with van der Waals surface area (Å²) < 4.78 is 0. The Balaban J connectivity index is 1.45. The highest BCUT2D eigenvalue weighted by Gasteiger charge is 2.41. The molecule has 3 aliphatic rings. The first-order chi connectivity index (χ1) is 8.74. The van der Waals surface area contributed by atoms with Crippen LogP contribution in [0.3, 0.4) is 0 Å². The van der Waals surface area contributed by atoms with Crippen LogP contribution in [0.15, 0.2) is 0 Å². The van der Waals surface area contributed by atoms with E-state index in [4.69, 9.17) is 0 Å². The number of nitrogens with zero attached hydrogens (tertiary/aromatic N) is 2. The van der Waals surface area contributed by atoms with Crippen molar-refractivity contribution in [3.05, 3.63) is 0 Å². The molecule has 2 aliphatic heterocycles. The fraction of sp³-hybridized carbons (Fsp3) is 0.857. The number of carbonyl (C=O) groups is 2. The standard InChI is InChI=1S/C14H22N2O2/c17-13-6-7-14(18)16(13)12-9-15(10-12)8-11-4-2-1-3-5-11/h11-12H,1-10H2. The Morgan fingerprint density at radius 2 is 1.56 bits per heavy atom. The third kappa shape index (κ3) is 2.30. The molecule has 4 heteroatoms. The molecule has 0 aromatic heterocycles. The average molecular weight is 250 g/mol. The number of hydrogen-bond acceptors (Lipinski definition) is 3. The van der Waals surface area contributed by atoms with E-state index in [-0.39, 0.29) is 17.9 Å². The number of likely N-dealkylation sites (tertiary alicyclic amines) is 2. The second kappa shape index (κ2) is 5.00. The van der Waals surface area contributed by atoms with Crippen LogP contribution in [-0.4, -0.2) is 47.3 Å². The second-order valence-electron chi connectivity index (χ2n) is 6.03. The van der Waals surface area contributed by atoms with Gasteiger partial charge in [0.2, 0.25) is 11.8 Å². The highest BCUT2D eigenvalue weighted by Crippen LogP contribution is 2.28. The largest absolute Gasteiger partial charge is 0.299 e. The summed E-state index contributed by atoms with van der Waals surface area (Å²) in [6.07, 6.45) is 7.74. The maximum Gasteiger partial charge on any atom is 0.230 e. The fourth-order valence-electron chi connectivity index (χ4n) is 3.59. The van der Waals surface area contributed by atoms with E-state index in [0.717, 1.165) is 19.0 Å². The summed E-state index contributed by atoms with van der Waals surface area (Å²) in [6.45, 7) is 2.99. The molecule has 1 saturated carbocycles. The summed E-state index contributed by atoms with van der Waals surface area (Å²) in [6, 6.07) is 0.177. The van der Waals surface area contributed by atoms with Gasteiger partial charge in [-0.05, 0) is 18.8 Å². The van der Waals surface area contributed by atoms with Crippen molar-refractivity contribution in [2.45, 2.75) is 51.0 Å². The van der Waals surface area contributed by atoms with E-state index in [1.54, 1.807) is 0 Å². The normalized spacial score (nSPS) is 27.9. The van der Waals surface area contributed by atoms with E-state index < -0.39 is 0 Å². The van der Waals surface area contributed by atoms with Crippen LogP contribution in [0.5, 0.6) is 0 Å². The lowest BCUT2D eigenvalue weighted by Crippen LogP contribution is -2.61. The van der Waals surface area contributed by atoms with Crippen LogP contribution in [0.4, 0.5) is 0 Å². The van der Waals surface area contributed by atoms with E-state index in [2.05, 4.69) is 4.90 Å². The Morgan fingerprint density at radius 3 is 2.17 bits per heavy atom. The maximum atomic E-state index is 11.6. The minimum atomic E-state index is 0.0438. The first-order valence-corrected chi connectivity index (χ1v) is 7.31. The van der Waals surface area contributed by atoms with E-state index in [1.807, 2.05) is 0 Å². The topological polar surface area (TPSA) is 40.6 Å². The Morgan fingerprint density at radius 1 is 0.944 bits per heavy atom. The second-order valence-corrected chi connectivity index (χ2v) is 6.03. The van der Waals surface area contributed by atoms with Crippen molar-refractivity contribution >= 4 is 11.8 Å². The SMILES string of the molecule is O=C1CCC(=O)N1C1CN(CC2CCCCC2)C1. The maximum absolute atomic E-state index is 11.6. The summed E-state index contributed by atoms with van der Waals surface area (Å²) in [7, 11) is 0. The molecule has 0 atom stereocenters. The first-order valence-electron chi connectivity index (χ1n) is 7.31. The molecule has 2 heterocycles. The zero-order valence-electron chi connectivity index (χ0n) is 10.9. The van der Waals surface area contributed by atoms with Crippen molar-refractivity contribution in [1.29, 1.82) is 0 Å². The van der Waals surface area contributed by atoms with Crippen molar-refractivity contribution in [2.24, 2.45) is 5.92 Å². The van der Waals surface area contributed by atoms with Crippen LogP contribution in [0, 0.1) is 5.92 Å². The number of rotatable bonds is 3. The Kier molecular flexibility index (Phi) is 3.37. The van der Waals surface area contributed by atoms with Crippen molar-refractivity contribution < 1.29 is 9.59 Å². The van der Waals surface area contributed by atoms with Gasteiger partial charge >= 0.3 is 0 Å². The summed E-state index contributed by atoms with van der Waals surface area (Å²) in [5.74, 6) is 0.939. The van der Waals surface area contributed by atoms with Crippen molar-refractivity contribution in [3.8, 4) is 0 Å². The minimum Gasteiger partial charge on any atom is -0.299 e. The zero-order valence-corrected chi connectivity index (χ0v) is 10.9. The molecule has 4 nitrogen and oxygen atoms in total. The Bertz CT molecular complexity index is 328. The zero-order chi connectivity index (χ0) is 12.5. The van der Waals surface area contributed by atoms with E-state index >= 15 is 0 Å². The highest BCUT2D eigenvalue weighted by molar-refractivity contribution is 6.02. The molecule has 2 saturated heterocycles. The molecule has 0 spiro atoms. The first kappa shape index (κ1) is 12.2. The van der Waals surface area contributed by atoms with Crippen LogP contribution < -0.4 is 0 Å². The molecule has 18 heavy (non-hydrogen) atoms. The van der Waals surface area contributed by atoms with Gasteiger partial charge in [-0.1, -0.05) is 19.3 Å². The molecule has 3 fully saturated rings. The molecule has 1 aliphatic carbocycles. The number of amides is 2. The molecule has 2 amide bonds. The van der Waals surface area contributed by atoms with Gasteiger partial charge in [-0.2, -0.15) is 0 Å². The van der Waals surface area contributed by atoms with Gasteiger partial charge in [-0.25, -0.2) is 0 Å². The third-order valence-corrected chi connectivity index (χ3v) is 4.63. The monoisotopic (exact) mass is 250 g/mol. The molecular weight excluding hydrogens is 228 g/mol. The Labute approximate surface area is 108 Å². The number of carbonyl (C=O) groups excluding carboxylic acids is 2. The van der Waals surface area contributed by atoms with Crippen LogP contribution in [0.2, 0.25) is 0 Å². The van der Waals surface area contributed by atoms with Gasteiger partial charge in [-0.15, -0.1) is 0 Å². The predicted octanol–water partition coefficient (Wildman–Crippen LogP) is 1.40. The van der Waals surface area contributed by atoms with Gasteiger partial charge in [0.1, 0.15) is 0 Å². The number of hydrogen-bond donors (Lipinski definition) is 0. The van der Waals surface area contributed by atoms with Gasteiger partial charge < -0.3 is 0 Å². The van der Waals surface area contributed by atoms with Gasteiger partial charge in [0.15, 0.2) is 0 Å². The van der Waals surface area contributed by atoms with Gasteiger partial charge in [0.25, 0.3) is 0 Å². The average Bonchev–Trinajstić information content (AvgIpc) is 2.65. The van der Waals surface area contributed by atoms with Crippen LogP contribution in [-0.2, 0) is 9.59 Å². The van der Waals surface area contributed by atoms with Crippen molar-refractivity contribution in [2.75, 3.05) is 19.6 Å². The molecule has 100 valence electrons. The predicted molar refractivity (Wildman–Crippen MR) is 67.9 cm³/mol. The van der Waals surface area contributed by atoms with Crippen LogP contribution in [0.1, 0.15) is 44.9 Å². The molecule has 3 rings (SSSR count).